The summed E-state index contributed by atoms with van der Waals surface area (Å²) < 4.78 is 5.42. The first kappa shape index (κ1) is 19.8. The van der Waals surface area contributed by atoms with E-state index in [2.05, 4.69) is 14.8 Å². The lowest BCUT2D eigenvalue weighted by Gasteiger charge is -2.36. The minimum absolute atomic E-state index is 0.00638. The van der Waals surface area contributed by atoms with Crippen LogP contribution in [0, 0.1) is 5.92 Å². The maximum Gasteiger partial charge on any atom is 0.273 e. The molecule has 1 aromatic rings. The molecule has 1 unspecified atom stereocenters. The molecule has 2 aliphatic heterocycles. The minimum Gasteiger partial charge on any atom is -0.379 e. The van der Waals surface area contributed by atoms with Gasteiger partial charge in [-0.25, -0.2) is 4.98 Å². The molecule has 7 nitrogen and oxygen atoms in total. The van der Waals surface area contributed by atoms with Crippen molar-refractivity contribution in [2.24, 2.45) is 5.92 Å². The van der Waals surface area contributed by atoms with Crippen molar-refractivity contribution >= 4 is 23.2 Å². The van der Waals surface area contributed by atoms with E-state index >= 15 is 0 Å². The molecular weight excluding hydrogens is 376 g/mol. The predicted octanol–water partition coefficient (Wildman–Crippen LogP) is 1.71. The Hall–Kier alpha value is -1.51. The Balaban J connectivity index is 1.34. The summed E-state index contributed by atoms with van der Waals surface area (Å²) >= 11 is 1.44. The smallest absolute Gasteiger partial charge is 0.273 e. The van der Waals surface area contributed by atoms with Crippen molar-refractivity contribution in [2.45, 2.75) is 38.1 Å². The zero-order chi connectivity index (χ0) is 19.3. The number of hydrogen-bond donors (Lipinski definition) is 0. The molecule has 1 atom stereocenters. The summed E-state index contributed by atoms with van der Waals surface area (Å²) in [4.78, 5) is 36.2. The van der Waals surface area contributed by atoms with E-state index in [1.54, 1.807) is 10.9 Å². The summed E-state index contributed by atoms with van der Waals surface area (Å²) in [6.45, 7) is 6.71. The molecule has 4 rings (SSSR count). The second-order valence-electron chi connectivity index (χ2n) is 8.03. The summed E-state index contributed by atoms with van der Waals surface area (Å²) in [5.74, 6) is 0.501. The van der Waals surface area contributed by atoms with Crippen LogP contribution < -0.4 is 0 Å². The molecule has 8 heteroatoms. The molecule has 0 aromatic carbocycles. The van der Waals surface area contributed by atoms with Crippen molar-refractivity contribution in [1.29, 1.82) is 0 Å². The molecule has 0 radical (unpaired) electrons. The van der Waals surface area contributed by atoms with Gasteiger partial charge in [-0.15, -0.1) is 11.3 Å². The Morgan fingerprint density at radius 2 is 2.04 bits per heavy atom. The van der Waals surface area contributed by atoms with Crippen LogP contribution in [0.25, 0.3) is 0 Å². The highest BCUT2D eigenvalue weighted by atomic mass is 32.1. The molecule has 3 heterocycles. The van der Waals surface area contributed by atoms with E-state index < -0.39 is 0 Å². The third-order valence-electron chi connectivity index (χ3n) is 6.26. The van der Waals surface area contributed by atoms with E-state index in [0.717, 1.165) is 71.5 Å². The van der Waals surface area contributed by atoms with E-state index in [-0.39, 0.29) is 17.9 Å². The summed E-state index contributed by atoms with van der Waals surface area (Å²) in [6, 6.07) is 0.139. The number of carbonyl (C=O) groups excluding carboxylic acids is 2. The fourth-order valence-corrected chi connectivity index (χ4v) is 4.84. The van der Waals surface area contributed by atoms with Crippen molar-refractivity contribution in [2.75, 3.05) is 52.5 Å². The first-order valence-electron chi connectivity index (χ1n) is 10.5. The number of ether oxygens (including phenoxy) is 1. The van der Waals surface area contributed by atoms with Gasteiger partial charge in [-0.1, -0.05) is 6.42 Å². The Labute approximate surface area is 170 Å². The summed E-state index contributed by atoms with van der Waals surface area (Å²) in [7, 11) is 0. The highest BCUT2D eigenvalue weighted by molar-refractivity contribution is 7.07. The van der Waals surface area contributed by atoms with Crippen LogP contribution in [-0.4, -0.2) is 90.0 Å². The van der Waals surface area contributed by atoms with Gasteiger partial charge in [-0.3, -0.25) is 14.5 Å². The highest BCUT2D eigenvalue weighted by Crippen LogP contribution is 2.30. The van der Waals surface area contributed by atoms with Gasteiger partial charge in [0.2, 0.25) is 5.91 Å². The molecule has 0 N–H and O–H groups in total. The quantitative estimate of drug-likeness (QED) is 0.690. The van der Waals surface area contributed by atoms with Crippen LogP contribution in [0.2, 0.25) is 0 Å². The van der Waals surface area contributed by atoms with Crippen LogP contribution in [0.1, 0.15) is 42.6 Å². The molecule has 1 saturated carbocycles. The summed E-state index contributed by atoms with van der Waals surface area (Å²) in [5.41, 5.74) is 2.22. The molecule has 154 valence electrons. The van der Waals surface area contributed by atoms with Crippen molar-refractivity contribution in [3.8, 4) is 0 Å². The second-order valence-corrected chi connectivity index (χ2v) is 8.75. The third-order valence-corrected chi connectivity index (χ3v) is 6.84. The summed E-state index contributed by atoms with van der Waals surface area (Å²) in [6.07, 6.45) is 5.05. The van der Waals surface area contributed by atoms with Crippen LogP contribution in [0.15, 0.2) is 10.9 Å². The molecule has 0 bridgehead atoms. The predicted molar refractivity (Wildman–Crippen MR) is 107 cm³/mol. The number of aromatic nitrogens is 1. The number of thiazole rings is 1. The largest absolute Gasteiger partial charge is 0.379 e. The SMILES string of the molecule is O=C(c1cscn1)N1CCC(N(CCCN2CCOCC2)C(=O)C2CCC2)C1. The Morgan fingerprint density at radius 3 is 2.71 bits per heavy atom. The monoisotopic (exact) mass is 406 g/mol. The lowest BCUT2D eigenvalue weighted by atomic mass is 9.84. The molecule has 2 saturated heterocycles. The first-order valence-corrected chi connectivity index (χ1v) is 11.4. The van der Waals surface area contributed by atoms with Gasteiger partial charge in [0.1, 0.15) is 5.69 Å². The van der Waals surface area contributed by atoms with Crippen molar-refractivity contribution in [3.63, 3.8) is 0 Å². The van der Waals surface area contributed by atoms with Gasteiger partial charge in [0.15, 0.2) is 0 Å². The lowest BCUT2D eigenvalue weighted by molar-refractivity contribution is -0.140. The van der Waals surface area contributed by atoms with Crippen molar-refractivity contribution in [1.82, 2.24) is 19.7 Å². The zero-order valence-corrected chi connectivity index (χ0v) is 17.2. The fourth-order valence-electron chi connectivity index (χ4n) is 4.31. The van der Waals surface area contributed by atoms with Crippen LogP contribution in [0.5, 0.6) is 0 Å². The van der Waals surface area contributed by atoms with E-state index in [1.807, 2.05) is 4.90 Å². The standard InChI is InChI=1S/C20H30N4O3S/c25-19(16-3-1-4-16)24(7-2-6-22-9-11-27-12-10-22)17-5-8-23(13-17)20(26)18-14-28-15-21-18/h14-17H,1-13H2. The molecule has 1 aromatic heterocycles. The minimum atomic E-state index is -0.00638. The van der Waals surface area contributed by atoms with E-state index in [0.29, 0.717) is 24.7 Å². The first-order chi connectivity index (χ1) is 13.7. The fraction of sp³-hybridized carbons (Fsp3) is 0.750. The van der Waals surface area contributed by atoms with Gasteiger partial charge in [0, 0.05) is 50.6 Å². The number of nitrogens with zero attached hydrogens (tertiary/aromatic N) is 4. The molecular formula is C20H30N4O3S. The van der Waals surface area contributed by atoms with Gasteiger partial charge in [-0.05, 0) is 25.7 Å². The third kappa shape index (κ3) is 4.55. The second kappa shape index (κ2) is 9.33. The number of morpholine rings is 1. The topological polar surface area (TPSA) is 66.0 Å². The van der Waals surface area contributed by atoms with Gasteiger partial charge >= 0.3 is 0 Å². The van der Waals surface area contributed by atoms with Crippen molar-refractivity contribution < 1.29 is 14.3 Å². The Morgan fingerprint density at radius 1 is 1.21 bits per heavy atom. The molecule has 0 spiro atoms. The van der Waals surface area contributed by atoms with E-state index in [1.165, 1.54) is 11.3 Å². The van der Waals surface area contributed by atoms with Crippen LogP contribution in [-0.2, 0) is 9.53 Å². The van der Waals surface area contributed by atoms with Crippen LogP contribution in [0.4, 0.5) is 0 Å². The average molecular weight is 407 g/mol. The van der Waals surface area contributed by atoms with Crippen molar-refractivity contribution in [3.05, 3.63) is 16.6 Å². The number of hydrogen-bond acceptors (Lipinski definition) is 6. The number of likely N-dealkylation sites (tertiary alicyclic amines) is 1. The zero-order valence-electron chi connectivity index (χ0n) is 16.4. The Kier molecular flexibility index (Phi) is 6.59. The van der Waals surface area contributed by atoms with E-state index in [9.17, 15) is 9.59 Å². The maximum atomic E-state index is 13.1. The summed E-state index contributed by atoms with van der Waals surface area (Å²) in [5, 5.41) is 1.80. The van der Waals surface area contributed by atoms with Gasteiger partial charge < -0.3 is 14.5 Å². The number of rotatable bonds is 7. The molecule has 2 amide bonds. The maximum absolute atomic E-state index is 13.1. The van der Waals surface area contributed by atoms with E-state index in [4.69, 9.17) is 4.74 Å². The van der Waals surface area contributed by atoms with Crippen LogP contribution in [0.3, 0.4) is 0 Å². The lowest BCUT2D eigenvalue weighted by Crippen LogP contribution is -2.48. The molecule has 3 aliphatic rings. The highest BCUT2D eigenvalue weighted by Gasteiger charge is 2.37. The number of carbonyl (C=O) groups is 2. The van der Waals surface area contributed by atoms with Gasteiger partial charge in [-0.2, -0.15) is 0 Å². The molecule has 3 fully saturated rings. The molecule has 1 aliphatic carbocycles. The number of amides is 2. The normalized spacial score (nSPS) is 23.6. The van der Waals surface area contributed by atoms with Gasteiger partial charge in [0.05, 0.1) is 24.8 Å². The van der Waals surface area contributed by atoms with Crippen LogP contribution >= 0.6 is 11.3 Å². The van der Waals surface area contributed by atoms with Gasteiger partial charge in [0.25, 0.3) is 5.91 Å². The average Bonchev–Trinajstić information content (AvgIpc) is 3.36. The Bertz CT molecular complexity index is 658. The molecule has 28 heavy (non-hydrogen) atoms.